The highest BCUT2D eigenvalue weighted by molar-refractivity contribution is 7.25. The van der Waals surface area contributed by atoms with Crippen LogP contribution in [0.25, 0.3) is 74.7 Å². The lowest BCUT2D eigenvalue weighted by Crippen LogP contribution is -2.11. The molecule has 0 radical (unpaired) electrons. The molecule has 0 unspecified atom stereocenters. The number of rotatable bonds is 5. The summed E-state index contributed by atoms with van der Waals surface area (Å²) in [7, 11) is 0. The second-order valence-electron chi connectivity index (χ2n) is 12.9. The largest absolute Gasteiger partial charge is 0.310 e. The molecule has 9 aromatic carbocycles. The van der Waals surface area contributed by atoms with E-state index in [1.54, 1.807) is 0 Å². The van der Waals surface area contributed by atoms with Gasteiger partial charge in [-0.15, -0.1) is 11.3 Å². The van der Waals surface area contributed by atoms with Crippen LogP contribution in [-0.4, -0.2) is 0 Å². The first-order valence-corrected chi connectivity index (χ1v) is 17.9. The maximum Gasteiger partial charge on any atom is 0.0540 e. The highest BCUT2D eigenvalue weighted by atomic mass is 32.1. The van der Waals surface area contributed by atoms with Gasteiger partial charge in [0.25, 0.3) is 0 Å². The molecule has 10 rings (SSSR count). The average Bonchev–Trinajstić information content (AvgIpc) is 3.56. The molecule has 0 N–H and O–H groups in total. The zero-order chi connectivity index (χ0) is 33.0. The molecule has 1 heterocycles. The van der Waals surface area contributed by atoms with E-state index >= 15 is 0 Å². The van der Waals surface area contributed by atoms with Gasteiger partial charge >= 0.3 is 0 Å². The van der Waals surface area contributed by atoms with E-state index in [0.29, 0.717) is 0 Å². The lowest BCUT2D eigenvalue weighted by Gasteiger charge is -2.28. The molecule has 0 fully saturated rings. The molecular weight excluding hydrogens is 623 g/mol. The Labute approximate surface area is 294 Å². The third kappa shape index (κ3) is 4.76. The van der Waals surface area contributed by atoms with Crippen LogP contribution in [0, 0.1) is 0 Å². The Kier molecular flexibility index (Phi) is 6.75. The standard InChI is InChI=1S/C48H31NS/c1-2-13-33-28-36(25-24-32(33)12-1)40-18-7-9-22-46(40)49(38-26-27-48-45(31-38)43-21-8-10-23-47(43)50-48)37-16-11-15-34(29-37)44-30-35-14-3-4-17-39(35)41-19-5-6-20-42(41)44/h1-31H. The van der Waals surface area contributed by atoms with Gasteiger partial charge in [-0.1, -0.05) is 133 Å². The van der Waals surface area contributed by atoms with Gasteiger partial charge < -0.3 is 4.90 Å². The van der Waals surface area contributed by atoms with Gasteiger partial charge in [-0.25, -0.2) is 0 Å². The van der Waals surface area contributed by atoms with Crippen LogP contribution in [0.4, 0.5) is 17.1 Å². The van der Waals surface area contributed by atoms with Gasteiger partial charge in [0.1, 0.15) is 0 Å². The van der Waals surface area contributed by atoms with Crippen molar-refractivity contribution >= 4 is 80.9 Å². The van der Waals surface area contributed by atoms with E-state index < -0.39 is 0 Å². The van der Waals surface area contributed by atoms with E-state index in [2.05, 4.69) is 193 Å². The van der Waals surface area contributed by atoms with Gasteiger partial charge in [0.2, 0.25) is 0 Å². The van der Waals surface area contributed by atoms with E-state index in [0.717, 1.165) is 17.1 Å². The molecule has 0 bridgehead atoms. The normalized spacial score (nSPS) is 11.6. The molecule has 0 spiro atoms. The minimum absolute atomic E-state index is 1.12. The summed E-state index contributed by atoms with van der Waals surface area (Å²) in [6.45, 7) is 0. The van der Waals surface area contributed by atoms with E-state index in [1.807, 2.05) is 11.3 Å². The van der Waals surface area contributed by atoms with Crippen LogP contribution >= 0.6 is 11.3 Å². The number of hydrogen-bond acceptors (Lipinski definition) is 2. The Morgan fingerprint density at radius 2 is 0.980 bits per heavy atom. The molecule has 0 aliphatic carbocycles. The molecule has 10 aromatic rings. The van der Waals surface area contributed by atoms with Crippen LogP contribution in [0.5, 0.6) is 0 Å². The predicted octanol–water partition coefficient (Wildman–Crippen LogP) is 14.3. The smallest absolute Gasteiger partial charge is 0.0540 e. The Bertz CT molecular complexity index is 2900. The molecule has 0 saturated heterocycles. The third-order valence-electron chi connectivity index (χ3n) is 10.0. The number of benzene rings is 9. The maximum atomic E-state index is 2.45. The fourth-order valence-corrected chi connectivity index (χ4v) is 8.74. The van der Waals surface area contributed by atoms with E-state index in [1.165, 1.54) is 74.7 Å². The Balaban J connectivity index is 1.22. The van der Waals surface area contributed by atoms with Crippen molar-refractivity contribution in [1.29, 1.82) is 0 Å². The maximum absolute atomic E-state index is 2.45. The van der Waals surface area contributed by atoms with Gasteiger partial charge in [0.05, 0.1) is 5.69 Å². The fraction of sp³-hybridized carbons (Fsp3) is 0. The Morgan fingerprint density at radius 1 is 0.320 bits per heavy atom. The minimum Gasteiger partial charge on any atom is -0.310 e. The zero-order valence-electron chi connectivity index (χ0n) is 27.3. The topological polar surface area (TPSA) is 3.24 Å². The lowest BCUT2D eigenvalue weighted by molar-refractivity contribution is 1.29. The summed E-state index contributed by atoms with van der Waals surface area (Å²) < 4.78 is 2.61. The van der Waals surface area contributed by atoms with Gasteiger partial charge in [0.15, 0.2) is 0 Å². The SMILES string of the molecule is c1cc(-c2cc3ccccc3c3ccccc23)cc(N(c2ccc3sc4ccccc4c3c2)c2ccccc2-c2ccc3ccccc3c2)c1. The molecule has 0 aliphatic heterocycles. The first kappa shape index (κ1) is 28.8. The first-order chi connectivity index (χ1) is 24.8. The van der Waals surface area contributed by atoms with E-state index in [4.69, 9.17) is 0 Å². The summed E-state index contributed by atoms with van der Waals surface area (Å²) in [5, 5.41) is 10.1. The number of thiophene rings is 1. The Morgan fingerprint density at radius 3 is 1.88 bits per heavy atom. The van der Waals surface area contributed by atoms with Crippen molar-refractivity contribution in [1.82, 2.24) is 0 Å². The fourth-order valence-electron chi connectivity index (χ4n) is 7.66. The molecule has 50 heavy (non-hydrogen) atoms. The summed E-state index contributed by atoms with van der Waals surface area (Å²) in [6.07, 6.45) is 0. The summed E-state index contributed by atoms with van der Waals surface area (Å²) in [5.41, 5.74) is 8.21. The molecule has 1 aromatic heterocycles. The van der Waals surface area contributed by atoms with Crippen LogP contribution in [-0.2, 0) is 0 Å². The first-order valence-electron chi connectivity index (χ1n) is 17.1. The van der Waals surface area contributed by atoms with Crippen LogP contribution in [0.3, 0.4) is 0 Å². The van der Waals surface area contributed by atoms with Crippen molar-refractivity contribution in [2.75, 3.05) is 4.90 Å². The highest BCUT2D eigenvalue weighted by Crippen LogP contribution is 2.45. The second-order valence-corrected chi connectivity index (χ2v) is 14.0. The molecular formula is C48H31NS. The molecule has 2 heteroatoms. The second kappa shape index (κ2) is 11.7. The quantitative estimate of drug-likeness (QED) is 0.167. The van der Waals surface area contributed by atoms with Crippen LogP contribution in [0.2, 0.25) is 0 Å². The molecule has 0 aliphatic rings. The van der Waals surface area contributed by atoms with Crippen molar-refractivity contribution in [2.24, 2.45) is 0 Å². The lowest BCUT2D eigenvalue weighted by atomic mass is 9.93. The number of hydrogen-bond donors (Lipinski definition) is 0. The molecule has 234 valence electrons. The van der Waals surface area contributed by atoms with Crippen molar-refractivity contribution in [3.8, 4) is 22.3 Å². The van der Waals surface area contributed by atoms with Crippen LogP contribution in [0.1, 0.15) is 0 Å². The van der Waals surface area contributed by atoms with Crippen molar-refractivity contribution in [3.63, 3.8) is 0 Å². The number of anilines is 3. The zero-order valence-corrected chi connectivity index (χ0v) is 28.1. The number of nitrogens with zero attached hydrogens (tertiary/aromatic N) is 1. The summed E-state index contributed by atoms with van der Waals surface area (Å²) in [5.74, 6) is 0. The van der Waals surface area contributed by atoms with Gasteiger partial charge in [0, 0.05) is 37.1 Å². The monoisotopic (exact) mass is 653 g/mol. The van der Waals surface area contributed by atoms with Gasteiger partial charge in [-0.3, -0.25) is 0 Å². The number of fused-ring (bicyclic) bond motifs is 7. The molecule has 1 nitrogen and oxygen atoms in total. The van der Waals surface area contributed by atoms with E-state index in [9.17, 15) is 0 Å². The van der Waals surface area contributed by atoms with E-state index in [-0.39, 0.29) is 0 Å². The van der Waals surface area contributed by atoms with Gasteiger partial charge in [-0.2, -0.15) is 0 Å². The molecule has 0 amide bonds. The Hall–Kier alpha value is -6.22. The van der Waals surface area contributed by atoms with Crippen molar-refractivity contribution in [2.45, 2.75) is 0 Å². The molecule has 0 atom stereocenters. The van der Waals surface area contributed by atoms with Crippen molar-refractivity contribution < 1.29 is 0 Å². The number of para-hydroxylation sites is 1. The molecule has 0 saturated carbocycles. The predicted molar refractivity (Wildman–Crippen MR) is 217 cm³/mol. The van der Waals surface area contributed by atoms with Crippen LogP contribution < -0.4 is 4.90 Å². The van der Waals surface area contributed by atoms with Crippen molar-refractivity contribution in [3.05, 3.63) is 188 Å². The minimum atomic E-state index is 1.12. The highest BCUT2D eigenvalue weighted by Gasteiger charge is 2.20. The van der Waals surface area contributed by atoms with Crippen LogP contribution in [0.15, 0.2) is 188 Å². The average molecular weight is 654 g/mol. The third-order valence-corrected chi connectivity index (χ3v) is 11.2. The van der Waals surface area contributed by atoms with Gasteiger partial charge in [-0.05, 0) is 104 Å². The summed E-state index contributed by atoms with van der Waals surface area (Å²) in [6, 6.07) is 68.9. The summed E-state index contributed by atoms with van der Waals surface area (Å²) >= 11 is 1.86. The summed E-state index contributed by atoms with van der Waals surface area (Å²) in [4.78, 5) is 2.45.